The molecule has 0 unspecified atom stereocenters. The highest BCUT2D eigenvalue weighted by Crippen LogP contribution is 2.74. The van der Waals surface area contributed by atoms with Gasteiger partial charge in [0.05, 0.1) is 18.6 Å². The third-order valence-electron chi connectivity index (χ3n) is 8.60. The van der Waals surface area contributed by atoms with Gasteiger partial charge in [0, 0.05) is 17.1 Å². The molecule has 3 aliphatic carbocycles. The highest BCUT2D eigenvalue weighted by atomic mass is 35.5. The van der Waals surface area contributed by atoms with Crippen LogP contribution >= 0.6 is 24.8 Å². The maximum absolute atomic E-state index is 12.9. The average molecular weight is 411 g/mol. The molecule has 3 saturated carbocycles. The van der Waals surface area contributed by atoms with Crippen LogP contribution in [0.25, 0.3) is 0 Å². The highest BCUT2D eigenvalue weighted by molar-refractivity contribution is 5.85. The molecule has 1 aromatic rings. The molecule has 6 aliphatic rings. The first-order chi connectivity index (χ1) is 12.2. The first-order valence-corrected chi connectivity index (χ1v) is 9.87. The Kier molecular flexibility index (Phi) is 4.31. The molecule has 0 radical (unpaired) electrons. The van der Waals surface area contributed by atoms with E-state index in [1.165, 1.54) is 50.0 Å². The summed E-state index contributed by atoms with van der Waals surface area (Å²) in [6, 6.07) is 9.45. The first-order valence-electron chi connectivity index (χ1n) is 9.87. The van der Waals surface area contributed by atoms with E-state index in [0.717, 1.165) is 12.8 Å². The number of ether oxygens (including phenoxy) is 1. The second-order valence-corrected chi connectivity index (χ2v) is 9.05. The van der Waals surface area contributed by atoms with Crippen LogP contribution in [0.2, 0.25) is 0 Å². The van der Waals surface area contributed by atoms with Crippen LogP contribution in [0.1, 0.15) is 44.1 Å². The number of anilines is 1. The number of nitrogens with zero attached hydrogens (tertiary/aromatic N) is 1. The van der Waals surface area contributed by atoms with Gasteiger partial charge in [0.2, 0.25) is 0 Å². The number of carbonyl (C=O) groups is 1. The zero-order valence-electron chi connectivity index (χ0n) is 15.7. The van der Waals surface area contributed by atoms with Crippen molar-refractivity contribution >= 4 is 36.5 Å². The Labute approximate surface area is 173 Å². The minimum Gasteiger partial charge on any atom is -0.469 e. The fourth-order valence-corrected chi connectivity index (χ4v) is 8.03. The van der Waals surface area contributed by atoms with Crippen LogP contribution in [0.4, 0.5) is 5.69 Å². The van der Waals surface area contributed by atoms with E-state index in [4.69, 9.17) is 4.74 Å². The predicted molar refractivity (Wildman–Crippen MR) is 110 cm³/mol. The molecule has 0 amide bonds. The van der Waals surface area contributed by atoms with Crippen molar-refractivity contribution in [1.82, 2.24) is 4.90 Å². The van der Waals surface area contributed by atoms with E-state index in [2.05, 4.69) is 34.5 Å². The molecule has 7 rings (SSSR count). The van der Waals surface area contributed by atoms with Crippen molar-refractivity contribution in [3.8, 4) is 0 Å². The van der Waals surface area contributed by atoms with Crippen molar-refractivity contribution in [3.63, 3.8) is 0 Å². The van der Waals surface area contributed by atoms with Crippen LogP contribution in [0.3, 0.4) is 0 Å². The SMILES string of the molecule is COC(=O)[C@@H]1C[C@@]23CCCN4CC[C@@]5(c6ccccc6N[C@]15CC2)[C@@H]43.Cl.Cl. The summed E-state index contributed by atoms with van der Waals surface area (Å²) >= 11 is 0. The molecule has 2 saturated heterocycles. The van der Waals surface area contributed by atoms with Gasteiger partial charge in [0.15, 0.2) is 0 Å². The summed E-state index contributed by atoms with van der Waals surface area (Å²) in [7, 11) is 1.56. The van der Waals surface area contributed by atoms with Gasteiger partial charge in [-0.3, -0.25) is 9.69 Å². The van der Waals surface area contributed by atoms with Crippen LogP contribution in [0.5, 0.6) is 0 Å². The zero-order valence-corrected chi connectivity index (χ0v) is 17.3. The van der Waals surface area contributed by atoms with Crippen LogP contribution in [-0.4, -0.2) is 42.6 Å². The maximum atomic E-state index is 12.9. The number of rotatable bonds is 1. The quantitative estimate of drug-likeness (QED) is 0.715. The minimum atomic E-state index is -0.151. The first kappa shape index (κ1) is 19.4. The highest BCUT2D eigenvalue weighted by Gasteiger charge is 2.78. The van der Waals surface area contributed by atoms with E-state index >= 15 is 0 Å². The largest absolute Gasteiger partial charge is 0.469 e. The number of nitrogens with one attached hydrogen (secondary N) is 1. The molecule has 5 fully saturated rings. The molecule has 3 aliphatic heterocycles. The van der Waals surface area contributed by atoms with Crippen molar-refractivity contribution in [2.45, 2.75) is 55.5 Å². The van der Waals surface area contributed by atoms with Crippen molar-refractivity contribution < 1.29 is 9.53 Å². The lowest BCUT2D eigenvalue weighted by atomic mass is 9.39. The van der Waals surface area contributed by atoms with Gasteiger partial charge in [0.25, 0.3) is 0 Å². The van der Waals surface area contributed by atoms with Gasteiger partial charge in [0.1, 0.15) is 0 Å². The summed E-state index contributed by atoms with van der Waals surface area (Å²) in [4.78, 5) is 15.7. The lowest BCUT2D eigenvalue weighted by Gasteiger charge is -2.69. The predicted octanol–water partition coefficient (Wildman–Crippen LogP) is 3.77. The molecule has 3 heterocycles. The van der Waals surface area contributed by atoms with E-state index in [0.29, 0.717) is 11.5 Å². The third kappa shape index (κ3) is 1.93. The van der Waals surface area contributed by atoms with E-state index < -0.39 is 0 Å². The summed E-state index contributed by atoms with van der Waals surface area (Å²) in [5, 5.41) is 3.92. The third-order valence-corrected chi connectivity index (χ3v) is 8.60. The van der Waals surface area contributed by atoms with Crippen LogP contribution in [-0.2, 0) is 14.9 Å². The molecular weight excluding hydrogens is 383 g/mol. The number of carbonyl (C=O) groups excluding carboxylic acids is 1. The Bertz CT molecular complexity index is 789. The van der Waals surface area contributed by atoms with Crippen molar-refractivity contribution in [3.05, 3.63) is 29.8 Å². The number of fused-ring (bicyclic) bond motifs is 3. The van der Waals surface area contributed by atoms with Gasteiger partial charge >= 0.3 is 5.97 Å². The number of hydrogen-bond donors (Lipinski definition) is 1. The molecule has 27 heavy (non-hydrogen) atoms. The van der Waals surface area contributed by atoms with Crippen molar-refractivity contribution in [2.75, 3.05) is 25.5 Å². The summed E-state index contributed by atoms with van der Waals surface area (Å²) in [6.45, 7) is 2.41. The normalized spacial score (nSPS) is 42.7. The van der Waals surface area contributed by atoms with E-state index in [1.807, 2.05) is 0 Å². The summed E-state index contributed by atoms with van der Waals surface area (Å²) in [6.07, 6.45) is 7.10. The molecule has 0 aromatic heterocycles. The van der Waals surface area contributed by atoms with E-state index in [9.17, 15) is 4.79 Å². The number of methoxy groups -OCH3 is 1. The molecule has 4 nitrogen and oxygen atoms in total. The number of hydrogen-bond acceptors (Lipinski definition) is 4. The standard InChI is InChI=1S/C21H26N2O2.2ClH/c1-25-17(24)15-13-19-7-4-11-23-12-10-20(18(19)23)14-5-2-3-6-16(14)22-21(15,20)9-8-19;;/h2-3,5-6,15,18,22H,4,7-13H2,1H3;2*1H/t15-,18-,19+,20+,21+;;/m0../s1. The fourth-order valence-electron chi connectivity index (χ4n) is 8.03. The topological polar surface area (TPSA) is 41.6 Å². The van der Waals surface area contributed by atoms with Crippen molar-refractivity contribution in [1.29, 1.82) is 0 Å². The molecule has 2 bridgehead atoms. The Balaban J connectivity index is 0.000000900. The van der Waals surface area contributed by atoms with E-state index in [1.54, 1.807) is 7.11 Å². The second kappa shape index (κ2) is 6.01. The molecule has 6 heteroatoms. The van der Waals surface area contributed by atoms with E-state index in [-0.39, 0.29) is 47.7 Å². The number of para-hydroxylation sites is 1. The number of esters is 1. The van der Waals surface area contributed by atoms with Gasteiger partial charge in [-0.2, -0.15) is 0 Å². The summed E-state index contributed by atoms with van der Waals surface area (Å²) in [5.74, 6) is -0.0193. The lowest BCUT2D eigenvalue weighted by Crippen LogP contribution is -2.76. The molecular formula is C21H28Cl2N2O2. The Morgan fingerprint density at radius 1 is 1.15 bits per heavy atom. The van der Waals surface area contributed by atoms with Gasteiger partial charge in [-0.05, 0) is 68.7 Å². The summed E-state index contributed by atoms with van der Waals surface area (Å²) < 4.78 is 5.33. The minimum absolute atomic E-state index is 0. The van der Waals surface area contributed by atoms with Crippen LogP contribution in [0, 0.1) is 11.3 Å². The zero-order chi connectivity index (χ0) is 16.9. The maximum Gasteiger partial charge on any atom is 0.311 e. The second-order valence-electron chi connectivity index (χ2n) is 9.05. The molecule has 1 N–H and O–H groups in total. The van der Waals surface area contributed by atoms with Gasteiger partial charge in [-0.15, -0.1) is 24.8 Å². The van der Waals surface area contributed by atoms with Crippen LogP contribution < -0.4 is 5.32 Å². The van der Waals surface area contributed by atoms with Gasteiger partial charge in [-0.25, -0.2) is 0 Å². The number of halogens is 2. The summed E-state index contributed by atoms with van der Waals surface area (Å²) in [5.41, 5.74) is 2.97. The monoisotopic (exact) mass is 410 g/mol. The number of piperidine rings is 1. The molecule has 5 atom stereocenters. The Morgan fingerprint density at radius 2 is 1.96 bits per heavy atom. The van der Waals surface area contributed by atoms with Gasteiger partial charge < -0.3 is 10.1 Å². The smallest absolute Gasteiger partial charge is 0.311 e. The average Bonchev–Trinajstić information content (AvgIpc) is 3.19. The van der Waals surface area contributed by atoms with Gasteiger partial charge in [-0.1, -0.05) is 18.2 Å². The fraction of sp³-hybridized carbons (Fsp3) is 0.667. The Hall–Kier alpha value is -0.970. The lowest BCUT2D eigenvalue weighted by molar-refractivity contribution is -0.171. The molecule has 1 aromatic carbocycles. The van der Waals surface area contributed by atoms with Crippen LogP contribution in [0.15, 0.2) is 24.3 Å². The molecule has 3 spiro atoms. The van der Waals surface area contributed by atoms with Crippen molar-refractivity contribution in [2.24, 2.45) is 11.3 Å². The number of benzene rings is 1. The molecule has 148 valence electrons. The Morgan fingerprint density at radius 3 is 2.78 bits per heavy atom.